The van der Waals surface area contributed by atoms with Gasteiger partial charge in [-0.15, -0.1) is 0 Å². The van der Waals surface area contributed by atoms with Crippen molar-refractivity contribution in [3.63, 3.8) is 0 Å². The molecule has 4 aromatic rings. The molecular weight excluding hydrogens is 463 g/mol. The number of fused-ring (bicyclic) bond motifs is 1. The molecule has 0 bridgehead atoms. The lowest BCUT2D eigenvalue weighted by atomic mass is 10.1. The Kier molecular flexibility index (Phi) is 6.28. The molecule has 5 nitrogen and oxygen atoms in total. The van der Waals surface area contributed by atoms with Gasteiger partial charge in [0.15, 0.2) is 9.84 Å². The zero-order chi connectivity index (χ0) is 23.8. The fourth-order valence-electron chi connectivity index (χ4n) is 3.70. The van der Waals surface area contributed by atoms with E-state index in [1.54, 1.807) is 28.8 Å². The van der Waals surface area contributed by atoms with E-state index in [0.717, 1.165) is 11.1 Å². The van der Waals surface area contributed by atoms with Crippen molar-refractivity contribution >= 4 is 43.9 Å². The van der Waals surface area contributed by atoms with Crippen LogP contribution in [0.3, 0.4) is 0 Å². The van der Waals surface area contributed by atoms with Crippen LogP contribution in [0.1, 0.15) is 16.7 Å². The zero-order valence-corrected chi connectivity index (χ0v) is 19.7. The van der Waals surface area contributed by atoms with Crippen molar-refractivity contribution in [2.24, 2.45) is 0 Å². The molecule has 0 aliphatic rings. The summed E-state index contributed by atoms with van der Waals surface area (Å²) in [5, 5.41) is 3.36. The predicted molar refractivity (Wildman–Crippen MR) is 129 cm³/mol. The number of carbonyl (C=O) groups excluding carboxylic acids is 1. The molecule has 170 valence electrons. The van der Waals surface area contributed by atoms with Gasteiger partial charge in [0.2, 0.25) is 5.91 Å². The minimum atomic E-state index is -3.95. The summed E-state index contributed by atoms with van der Waals surface area (Å²) < 4.78 is 42.3. The van der Waals surface area contributed by atoms with Crippen LogP contribution in [0.4, 0.5) is 10.1 Å². The number of nitrogens with one attached hydrogen (secondary N) is 1. The highest BCUT2D eigenvalue weighted by Crippen LogP contribution is 2.30. The molecule has 33 heavy (non-hydrogen) atoms. The van der Waals surface area contributed by atoms with Crippen molar-refractivity contribution < 1.29 is 17.6 Å². The summed E-state index contributed by atoms with van der Waals surface area (Å²) in [6.07, 6.45) is 1.43. The number of aromatic nitrogens is 1. The number of sulfone groups is 1. The normalized spacial score (nSPS) is 11.6. The molecule has 0 fully saturated rings. The summed E-state index contributed by atoms with van der Waals surface area (Å²) in [5.41, 5.74) is 3.35. The Morgan fingerprint density at radius 3 is 2.52 bits per heavy atom. The van der Waals surface area contributed by atoms with Gasteiger partial charge in [-0.2, -0.15) is 0 Å². The number of para-hydroxylation sites is 1. The van der Waals surface area contributed by atoms with E-state index < -0.39 is 21.4 Å². The summed E-state index contributed by atoms with van der Waals surface area (Å²) in [6.45, 7) is 3.87. The maximum absolute atomic E-state index is 14.2. The van der Waals surface area contributed by atoms with Crippen LogP contribution < -0.4 is 5.32 Å². The summed E-state index contributed by atoms with van der Waals surface area (Å²) in [5.74, 6) is -1.55. The third kappa shape index (κ3) is 4.79. The molecule has 4 rings (SSSR count). The van der Waals surface area contributed by atoms with Gasteiger partial charge in [0.05, 0.1) is 10.6 Å². The van der Waals surface area contributed by atoms with Crippen LogP contribution in [0, 0.1) is 19.7 Å². The van der Waals surface area contributed by atoms with Gasteiger partial charge in [-0.3, -0.25) is 4.79 Å². The van der Waals surface area contributed by atoms with Gasteiger partial charge >= 0.3 is 0 Å². The van der Waals surface area contributed by atoms with Crippen LogP contribution in [0.5, 0.6) is 0 Å². The molecule has 0 saturated heterocycles. The Balaban J connectivity index is 1.66. The number of aryl methyl sites for hydroxylation is 2. The van der Waals surface area contributed by atoms with Crippen molar-refractivity contribution in [3.05, 3.63) is 94.4 Å². The molecule has 0 spiro atoms. The third-order valence-corrected chi connectivity index (χ3v) is 7.61. The summed E-state index contributed by atoms with van der Waals surface area (Å²) >= 11 is 6.05. The molecule has 0 aliphatic heterocycles. The first-order valence-electron chi connectivity index (χ1n) is 10.3. The second-order valence-electron chi connectivity index (χ2n) is 7.94. The average molecular weight is 485 g/mol. The lowest BCUT2D eigenvalue weighted by Crippen LogP contribution is -2.18. The molecule has 0 radical (unpaired) electrons. The summed E-state index contributed by atoms with van der Waals surface area (Å²) in [7, 11) is -3.95. The summed E-state index contributed by atoms with van der Waals surface area (Å²) in [4.78, 5) is 12.7. The highest BCUT2D eigenvalue weighted by molar-refractivity contribution is 7.90. The largest absolute Gasteiger partial charge is 0.337 e. The van der Waals surface area contributed by atoms with Crippen LogP contribution >= 0.6 is 11.6 Å². The number of hydrogen-bond acceptors (Lipinski definition) is 3. The first kappa shape index (κ1) is 23.0. The van der Waals surface area contributed by atoms with E-state index in [1.165, 1.54) is 24.4 Å². The van der Waals surface area contributed by atoms with Gasteiger partial charge in [-0.05, 0) is 55.3 Å². The number of anilines is 1. The number of benzene rings is 3. The lowest BCUT2D eigenvalue weighted by Gasteiger charge is -2.09. The van der Waals surface area contributed by atoms with E-state index in [2.05, 4.69) is 5.32 Å². The minimum Gasteiger partial charge on any atom is -0.337 e. The molecule has 1 heterocycles. The monoisotopic (exact) mass is 484 g/mol. The second-order valence-corrected chi connectivity index (χ2v) is 10.3. The highest BCUT2D eigenvalue weighted by atomic mass is 35.5. The number of amides is 1. The van der Waals surface area contributed by atoms with Crippen LogP contribution in [-0.2, 0) is 26.9 Å². The van der Waals surface area contributed by atoms with E-state index in [1.807, 2.05) is 32.0 Å². The lowest BCUT2D eigenvalue weighted by molar-refractivity contribution is -0.116. The molecule has 0 saturated carbocycles. The molecule has 0 unspecified atom stereocenters. The van der Waals surface area contributed by atoms with Gasteiger partial charge in [0.1, 0.15) is 12.4 Å². The van der Waals surface area contributed by atoms with Gasteiger partial charge in [0, 0.05) is 33.4 Å². The van der Waals surface area contributed by atoms with Crippen LogP contribution in [0.2, 0.25) is 5.02 Å². The summed E-state index contributed by atoms with van der Waals surface area (Å²) in [6, 6.07) is 16.6. The molecule has 0 aliphatic carbocycles. The van der Waals surface area contributed by atoms with Crippen molar-refractivity contribution in [1.82, 2.24) is 4.57 Å². The second kappa shape index (κ2) is 9.00. The van der Waals surface area contributed by atoms with Crippen molar-refractivity contribution in [2.75, 3.05) is 5.32 Å². The number of hydrogen-bond donors (Lipinski definition) is 1. The van der Waals surface area contributed by atoms with E-state index in [0.29, 0.717) is 16.6 Å². The minimum absolute atomic E-state index is 0.0244. The van der Waals surface area contributed by atoms with E-state index in [9.17, 15) is 17.6 Å². The van der Waals surface area contributed by atoms with Gasteiger partial charge in [-0.1, -0.05) is 41.9 Å². The number of rotatable bonds is 6. The molecule has 1 aromatic heterocycles. The van der Waals surface area contributed by atoms with E-state index >= 15 is 0 Å². The Morgan fingerprint density at radius 2 is 1.79 bits per heavy atom. The van der Waals surface area contributed by atoms with Gasteiger partial charge in [0.25, 0.3) is 0 Å². The molecule has 3 aromatic carbocycles. The van der Waals surface area contributed by atoms with Crippen LogP contribution in [-0.4, -0.2) is 18.9 Å². The van der Waals surface area contributed by atoms with Crippen molar-refractivity contribution in [1.29, 1.82) is 0 Å². The smallest absolute Gasteiger partial charge is 0.244 e. The number of carbonyl (C=O) groups is 1. The first-order chi connectivity index (χ1) is 15.7. The van der Waals surface area contributed by atoms with E-state index in [4.69, 9.17) is 11.6 Å². The van der Waals surface area contributed by atoms with Gasteiger partial charge < -0.3 is 9.88 Å². The molecular formula is C25H22ClFN2O3S. The number of halogens is 2. The predicted octanol–water partition coefficient (Wildman–Crippen LogP) is 5.66. The number of nitrogens with zero attached hydrogens (tertiary/aromatic N) is 1. The Morgan fingerprint density at radius 1 is 1.03 bits per heavy atom. The highest BCUT2D eigenvalue weighted by Gasteiger charge is 2.25. The molecule has 0 atom stereocenters. The topological polar surface area (TPSA) is 68.2 Å². The molecule has 1 amide bonds. The fourth-order valence-corrected chi connectivity index (χ4v) is 5.64. The Hall–Kier alpha value is -3.16. The standard InChI is InChI=1S/C25H22ClFN2O3S/c1-16-10-11-18(12-17(16)2)28-25(30)14-29-13-24(19-6-3-4-9-23(19)29)33(31,32)15-20-21(26)7-5-8-22(20)27/h3-13H,14-15H2,1-2H3,(H,28,30). The fraction of sp³-hybridized carbons (Fsp3) is 0.160. The SMILES string of the molecule is Cc1ccc(NC(=O)Cn2cc(S(=O)(=O)Cc3c(F)cccc3Cl)c3ccccc32)cc1C. The maximum atomic E-state index is 14.2. The van der Waals surface area contributed by atoms with Gasteiger partial charge in [-0.25, -0.2) is 12.8 Å². The maximum Gasteiger partial charge on any atom is 0.244 e. The first-order valence-corrected chi connectivity index (χ1v) is 12.3. The van der Waals surface area contributed by atoms with Crippen LogP contribution in [0.25, 0.3) is 10.9 Å². The van der Waals surface area contributed by atoms with Crippen LogP contribution in [0.15, 0.2) is 71.8 Å². The van der Waals surface area contributed by atoms with E-state index in [-0.39, 0.29) is 27.9 Å². The molecule has 1 N–H and O–H groups in total. The Bertz CT molecular complexity index is 1460. The van der Waals surface area contributed by atoms with Crippen molar-refractivity contribution in [3.8, 4) is 0 Å². The quantitative estimate of drug-likeness (QED) is 0.383. The molecule has 8 heteroatoms. The third-order valence-electron chi connectivity index (χ3n) is 5.59. The Labute approximate surface area is 196 Å². The average Bonchev–Trinajstić information content (AvgIpc) is 3.13. The van der Waals surface area contributed by atoms with Crippen molar-refractivity contribution in [2.45, 2.75) is 31.0 Å². The zero-order valence-electron chi connectivity index (χ0n) is 18.1.